The van der Waals surface area contributed by atoms with Gasteiger partial charge in [0.25, 0.3) is 11.1 Å². The van der Waals surface area contributed by atoms with Gasteiger partial charge in [0.1, 0.15) is 19.8 Å². The second kappa shape index (κ2) is 7.88. The van der Waals surface area contributed by atoms with Crippen LogP contribution in [0.1, 0.15) is 5.56 Å². The summed E-state index contributed by atoms with van der Waals surface area (Å²) in [6.07, 6.45) is 1.59. The van der Waals surface area contributed by atoms with E-state index in [1.807, 2.05) is 0 Å². The number of amides is 3. The second-order valence-electron chi connectivity index (χ2n) is 6.79. The van der Waals surface area contributed by atoms with Crippen molar-refractivity contribution >= 4 is 40.6 Å². The van der Waals surface area contributed by atoms with E-state index in [2.05, 4.69) is 5.32 Å². The van der Waals surface area contributed by atoms with Gasteiger partial charge in [-0.05, 0) is 47.7 Å². The summed E-state index contributed by atoms with van der Waals surface area (Å²) >= 11 is 0.787. The Morgan fingerprint density at radius 1 is 0.968 bits per heavy atom. The van der Waals surface area contributed by atoms with E-state index in [1.165, 1.54) is 0 Å². The molecule has 0 spiro atoms. The molecule has 0 unspecified atom stereocenters. The van der Waals surface area contributed by atoms with Gasteiger partial charge in [-0.15, -0.1) is 0 Å². The number of imide groups is 1. The second-order valence-corrected chi connectivity index (χ2v) is 7.78. The van der Waals surface area contributed by atoms with Gasteiger partial charge in [0, 0.05) is 11.8 Å². The minimum Gasteiger partial charge on any atom is -0.486 e. The number of fused-ring (bicyclic) bond motifs is 2. The molecule has 3 aliphatic heterocycles. The molecule has 0 aromatic heterocycles. The lowest BCUT2D eigenvalue weighted by molar-refractivity contribution is -0.127. The van der Waals surface area contributed by atoms with Crippen LogP contribution in [0, 0.1) is 0 Å². The molecular formula is C21H16N2O7S. The standard InChI is InChI=1S/C21H16N2O7S/c24-19(22-13-2-4-14-17(9-13)28-6-5-27-14)10-23-20(25)18(31-21(23)26)8-12-1-3-15-16(7-12)30-11-29-15/h1-4,7-9H,5-6,10-11H2,(H,22,24)/b18-8+. The highest BCUT2D eigenvalue weighted by molar-refractivity contribution is 8.18. The molecule has 0 atom stereocenters. The fourth-order valence-electron chi connectivity index (χ4n) is 3.26. The molecule has 1 saturated heterocycles. The van der Waals surface area contributed by atoms with E-state index >= 15 is 0 Å². The van der Waals surface area contributed by atoms with Crippen LogP contribution < -0.4 is 24.3 Å². The third-order valence-corrected chi connectivity index (χ3v) is 5.60. The highest BCUT2D eigenvalue weighted by atomic mass is 32.2. The van der Waals surface area contributed by atoms with Gasteiger partial charge in [0.05, 0.1) is 4.91 Å². The Morgan fingerprint density at radius 2 is 1.68 bits per heavy atom. The van der Waals surface area contributed by atoms with Crippen LogP contribution >= 0.6 is 11.8 Å². The first kappa shape index (κ1) is 19.3. The Bertz CT molecular complexity index is 1130. The highest BCUT2D eigenvalue weighted by Gasteiger charge is 2.36. The number of anilines is 1. The first-order valence-corrected chi connectivity index (χ1v) is 10.2. The zero-order valence-corrected chi connectivity index (χ0v) is 16.9. The maximum absolute atomic E-state index is 12.7. The summed E-state index contributed by atoms with van der Waals surface area (Å²) in [5, 5.41) is 2.17. The summed E-state index contributed by atoms with van der Waals surface area (Å²) in [5.41, 5.74) is 1.17. The molecule has 2 aromatic carbocycles. The number of rotatable bonds is 4. The average Bonchev–Trinajstić information content (AvgIpc) is 3.33. The maximum Gasteiger partial charge on any atom is 0.294 e. The molecule has 0 saturated carbocycles. The first-order chi connectivity index (χ1) is 15.1. The van der Waals surface area contributed by atoms with Crippen molar-refractivity contribution in [1.82, 2.24) is 4.90 Å². The van der Waals surface area contributed by atoms with Gasteiger partial charge in [0.2, 0.25) is 12.7 Å². The number of benzene rings is 2. The minimum atomic E-state index is -0.523. The van der Waals surface area contributed by atoms with Gasteiger partial charge in [-0.1, -0.05) is 6.07 Å². The molecule has 3 heterocycles. The molecule has 0 radical (unpaired) electrons. The molecule has 2 aromatic rings. The smallest absolute Gasteiger partial charge is 0.294 e. The van der Waals surface area contributed by atoms with Crippen molar-refractivity contribution in [2.24, 2.45) is 0 Å². The third-order valence-electron chi connectivity index (χ3n) is 4.70. The van der Waals surface area contributed by atoms with Crippen LogP contribution in [0.2, 0.25) is 0 Å². The molecule has 3 aliphatic rings. The Kier molecular flexibility index (Phi) is 4.91. The van der Waals surface area contributed by atoms with E-state index in [-0.39, 0.29) is 11.7 Å². The number of thioether (sulfide) groups is 1. The lowest BCUT2D eigenvalue weighted by atomic mass is 10.2. The molecule has 1 N–H and O–H groups in total. The summed E-state index contributed by atoms with van der Waals surface area (Å²) in [5.74, 6) is 1.31. The predicted molar refractivity (Wildman–Crippen MR) is 111 cm³/mol. The van der Waals surface area contributed by atoms with Gasteiger partial charge in [-0.3, -0.25) is 19.3 Å². The fourth-order valence-corrected chi connectivity index (χ4v) is 4.09. The van der Waals surface area contributed by atoms with Crippen molar-refractivity contribution in [3.8, 4) is 23.0 Å². The van der Waals surface area contributed by atoms with Crippen molar-refractivity contribution in [3.05, 3.63) is 46.9 Å². The molecule has 158 valence electrons. The van der Waals surface area contributed by atoms with E-state index in [9.17, 15) is 14.4 Å². The van der Waals surface area contributed by atoms with Crippen LogP contribution in [0.3, 0.4) is 0 Å². The van der Waals surface area contributed by atoms with Gasteiger partial charge in [-0.2, -0.15) is 0 Å². The normalized spacial score (nSPS) is 17.9. The van der Waals surface area contributed by atoms with Crippen molar-refractivity contribution in [1.29, 1.82) is 0 Å². The maximum atomic E-state index is 12.7. The fraction of sp³-hybridized carbons (Fsp3) is 0.190. The third kappa shape index (κ3) is 3.89. The SMILES string of the molecule is O=C(CN1C(=O)S/C(=C/c2ccc3c(c2)OCO3)C1=O)Nc1ccc2c(c1)OCCO2. The molecule has 5 rings (SSSR count). The average molecular weight is 440 g/mol. The van der Waals surface area contributed by atoms with Crippen LogP contribution in [-0.2, 0) is 9.59 Å². The molecular weight excluding hydrogens is 424 g/mol. The van der Waals surface area contributed by atoms with E-state index in [0.29, 0.717) is 47.5 Å². The molecule has 9 nitrogen and oxygen atoms in total. The topological polar surface area (TPSA) is 103 Å². The monoisotopic (exact) mass is 440 g/mol. The lowest BCUT2D eigenvalue weighted by Gasteiger charge is -2.19. The van der Waals surface area contributed by atoms with Gasteiger partial charge < -0.3 is 24.3 Å². The highest BCUT2D eigenvalue weighted by Crippen LogP contribution is 2.36. The number of carbonyl (C=O) groups is 3. The largest absolute Gasteiger partial charge is 0.486 e. The zero-order valence-electron chi connectivity index (χ0n) is 16.1. The van der Waals surface area contributed by atoms with Crippen molar-refractivity contribution in [2.75, 3.05) is 31.9 Å². The molecule has 0 bridgehead atoms. The quantitative estimate of drug-likeness (QED) is 0.724. The Morgan fingerprint density at radius 3 is 2.55 bits per heavy atom. The minimum absolute atomic E-state index is 0.147. The van der Waals surface area contributed by atoms with Crippen molar-refractivity contribution in [2.45, 2.75) is 0 Å². The van der Waals surface area contributed by atoms with Crippen LogP contribution in [-0.4, -0.2) is 48.5 Å². The van der Waals surface area contributed by atoms with Crippen LogP contribution in [0.5, 0.6) is 23.0 Å². The van der Waals surface area contributed by atoms with Gasteiger partial charge in [-0.25, -0.2) is 0 Å². The molecule has 10 heteroatoms. The lowest BCUT2D eigenvalue weighted by Crippen LogP contribution is -2.36. The summed E-state index contributed by atoms with van der Waals surface area (Å²) in [7, 11) is 0. The Balaban J connectivity index is 1.26. The van der Waals surface area contributed by atoms with Crippen molar-refractivity contribution in [3.63, 3.8) is 0 Å². The summed E-state index contributed by atoms with van der Waals surface area (Å²) in [6, 6.07) is 10.2. The molecule has 1 fully saturated rings. The predicted octanol–water partition coefficient (Wildman–Crippen LogP) is 2.86. The number of ether oxygens (including phenoxy) is 4. The number of nitrogens with one attached hydrogen (secondary N) is 1. The number of hydrogen-bond donors (Lipinski definition) is 1. The zero-order chi connectivity index (χ0) is 21.4. The summed E-state index contributed by atoms with van der Waals surface area (Å²) in [4.78, 5) is 38.6. The Labute approximate surface area is 180 Å². The number of carbonyl (C=O) groups excluding carboxylic acids is 3. The molecule has 0 aliphatic carbocycles. The summed E-state index contributed by atoms with van der Waals surface area (Å²) < 4.78 is 21.5. The van der Waals surface area contributed by atoms with E-state index in [1.54, 1.807) is 42.5 Å². The van der Waals surface area contributed by atoms with Crippen molar-refractivity contribution < 1.29 is 33.3 Å². The molecule has 3 amide bonds. The molecule has 31 heavy (non-hydrogen) atoms. The van der Waals surface area contributed by atoms with Crippen LogP contribution in [0.4, 0.5) is 10.5 Å². The van der Waals surface area contributed by atoms with E-state index in [4.69, 9.17) is 18.9 Å². The number of nitrogens with zero attached hydrogens (tertiary/aromatic N) is 1. The van der Waals surface area contributed by atoms with Crippen LogP contribution in [0.15, 0.2) is 41.3 Å². The Hall–Kier alpha value is -3.66. The van der Waals surface area contributed by atoms with Gasteiger partial charge in [0.15, 0.2) is 23.0 Å². The first-order valence-electron chi connectivity index (χ1n) is 9.41. The van der Waals surface area contributed by atoms with Gasteiger partial charge >= 0.3 is 0 Å². The van der Waals surface area contributed by atoms with E-state index < -0.39 is 23.6 Å². The van der Waals surface area contributed by atoms with E-state index in [0.717, 1.165) is 16.7 Å². The summed E-state index contributed by atoms with van der Waals surface area (Å²) in [6.45, 7) is 0.653. The number of hydrogen-bond acceptors (Lipinski definition) is 8. The van der Waals surface area contributed by atoms with Crippen LogP contribution in [0.25, 0.3) is 6.08 Å².